The third-order valence-electron chi connectivity index (χ3n) is 3.15. The summed E-state index contributed by atoms with van der Waals surface area (Å²) in [5.41, 5.74) is -0.478. The van der Waals surface area contributed by atoms with E-state index in [0.717, 1.165) is 4.68 Å². The Morgan fingerprint density at radius 3 is 2.32 bits per heavy atom. The Hall–Kier alpha value is -1.42. The molecule has 1 aromatic heterocycles. The molecule has 0 spiro atoms. The second kappa shape index (κ2) is 5.05. The minimum atomic E-state index is -5.09. The highest BCUT2D eigenvalue weighted by molar-refractivity contribution is 9.10. The van der Waals surface area contributed by atoms with Crippen molar-refractivity contribution in [3.63, 3.8) is 0 Å². The molecule has 0 saturated carbocycles. The van der Waals surface area contributed by atoms with Crippen LogP contribution in [0.2, 0.25) is 0 Å². The number of aliphatic hydroxyl groups is 1. The van der Waals surface area contributed by atoms with Crippen LogP contribution in [0.5, 0.6) is 0 Å². The molecule has 22 heavy (non-hydrogen) atoms. The summed E-state index contributed by atoms with van der Waals surface area (Å²) in [6, 6.07) is 0. The van der Waals surface area contributed by atoms with E-state index in [4.69, 9.17) is 0 Å². The van der Waals surface area contributed by atoms with E-state index in [2.05, 4.69) is 26.1 Å². The number of halogens is 4. The molecule has 0 aliphatic carbocycles. The zero-order valence-electron chi connectivity index (χ0n) is 12.2. The number of hydrazone groups is 1. The topological polar surface area (TPSA) is 70.7 Å². The first kappa shape index (κ1) is 16.9. The largest absolute Gasteiger partial charge is 0.473 e. The van der Waals surface area contributed by atoms with Crippen LogP contribution >= 0.6 is 15.9 Å². The number of fused-ring (bicyclic) bond motifs is 1. The van der Waals surface area contributed by atoms with E-state index in [1.165, 1.54) is 6.92 Å². The average Bonchev–Trinajstić information content (AvgIpc) is 2.64. The molecule has 2 heterocycles. The van der Waals surface area contributed by atoms with Gasteiger partial charge in [0.1, 0.15) is 4.60 Å². The normalized spacial score (nSPS) is 19.0. The molecule has 1 aliphatic heterocycles. The molecule has 122 valence electrons. The molecular weight excluding hydrogens is 369 g/mol. The Labute approximate surface area is 132 Å². The molecule has 1 aromatic rings. The Morgan fingerprint density at radius 2 is 1.86 bits per heavy atom. The van der Waals surface area contributed by atoms with Crippen LogP contribution in [0.4, 0.5) is 19.0 Å². The van der Waals surface area contributed by atoms with Gasteiger partial charge in [-0.2, -0.15) is 28.4 Å². The molecule has 2 rings (SSSR count). The highest BCUT2D eigenvalue weighted by Gasteiger charge is 2.48. The van der Waals surface area contributed by atoms with Gasteiger partial charge in [0.15, 0.2) is 12.0 Å². The van der Waals surface area contributed by atoms with Crippen LogP contribution in [0.25, 0.3) is 0 Å². The average molecular weight is 383 g/mol. The number of rotatable bonds is 0. The summed E-state index contributed by atoms with van der Waals surface area (Å²) in [5, 5.41) is 18.3. The molecular formula is C12H14BrF3N4O2. The molecule has 1 atom stereocenters. The molecule has 1 N–H and O–H groups in total. The first-order chi connectivity index (χ1) is 9.85. The predicted octanol–water partition coefficient (Wildman–Crippen LogP) is 2.76. The Balaban J connectivity index is 2.69. The van der Waals surface area contributed by atoms with Gasteiger partial charge in [-0.1, -0.05) is 20.8 Å². The summed E-state index contributed by atoms with van der Waals surface area (Å²) in [5.74, 6) is -2.35. The third-order valence-corrected chi connectivity index (χ3v) is 3.90. The molecule has 0 bridgehead atoms. The minimum Gasteiger partial charge on any atom is -0.367 e. The Bertz CT molecular complexity index is 661. The molecule has 1 unspecified atom stereocenters. The highest BCUT2D eigenvalue weighted by atomic mass is 79.9. The van der Waals surface area contributed by atoms with Gasteiger partial charge in [0.2, 0.25) is 0 Å². The molecule has 0 radical (unpaired) electrons. The molecule has 1 amide bonds. The fourth-order valence-corrected chi connectivity index (χ4v) is 2.38. The van der Waals surface area contributed by atoms with Gasteiger partial charge in [0.05, 0.1) is 5.71 Å². The number of anilines is 1. The van der Waals surface area contributed by atoms with E-state index in [9.17, 15) is 23.1 Å². The van der Waals surface area contributed by atoms with Crippen LogP contribution in [0.1, 0.15) is 32.6 Å². The molecule has 0 aromatic carbocycles. The van der Waals surface area contributed by atoms with E-state index < -0.39 is 23.7 Å². The van der Waals surface area contributed by atoms with Crippen molar-refractivity contribution in [2.45, 2.75) is 40.1 Å². The number of aliphatic hydroxyl groups excluding tert-OH is 1. The van der Waals surface area contributed by atoms with Crippen molar-refractivity contribution >= 4 is 33.4 Å². The van der Waals surface area contributed by atoms with Crippen LogP contribution in [-0.2, 0) is 4.79 Å². The lowest BCUT2D eigenvalue weighted by Crippen LogP contribution is -2.46. The predicted molar refractivity (Wildman–Crippen MR) is 76.4 cm³/mol. The summed E-state index contributed by atoms with van der Waals surface area (Å²) in [6.45, 7) is 6.48. The second-order valence-electron chi connectivity index (χ2n) is 5.91. The first-order valence-electron chi connectivity index (χ1n) is 6.28. The number of hydrogen-bond donors (Lipinski definition) is 1. The van der Waals surface area contributed by atoms with E-state index in [-0.39, 0.29) is 26.7 Å². The maximum atomic E-state index is 12.8. The van der Waals surface area contributed by atoms with Crippen molar-refractivity contribution in [3.8, 4) is 0 Å². The quantitative estimate of drug-likeness (QED) is 0.749. The van der Waals surface area contributed by atoms with Crippen LogP contribution in [0.15, 0.2) is 9.70 Å². The Morgan fingerprint density at radius 1 is 1.32 bits per heavy atom. The van der Waals surface area contributed by atoms with Gasteiger partial charge < -0.3 is 5.11 Å². The lowest BCUT2D eigenvalue weighted by molar-refractivity contribution is -0.170. The zero-order chi connectivity index (χ0) is 17.0. The zero-order valence-corrected chi connectivity index (χ0v) is 13.8. The van der Waals surface area contributed by atoms with Crippen molar-refractivity contribution in [1.82, 2.24) is 9.78 Å². The maximum Gasteiger partial charge on any atom is 0.473 e. The molecule has 0 fully saturated rings. The smallest absolute Gasteiger partial charge is 0.367 e. The lowest BCUT2D eigenvalue weighted by Gasteiger charge is -2.34. The van der Waals surface area contributed by atoms with Crippen LogP contribution < -0.4 is 5.01 Å². The van der Waals surface area contributed by atoms with Crippen molar-refractivity contribution in [1.29, 1.82) is 0 Å². The molecule has 10 heteroatoms. The van der Waals surface area contributed by atoms with Crippen LogP contribution in [-0.4, -0.2) is 32.7 Å². The van der Waals surface area contributed by atoms with E-state index in [1.54, 1.807) is 20.8 Å². The number of alkyl halides is 3. The van der Waals surface area contributed by atoms with Crippen molar-refractivity contribution in [3.05, 3.63) is 10.2 Å². The van der Waals surface area contributed by atoms with E-state index in [0.29, 0.717) is 0 Å². The number of aromatic nitrogens is 2. The van der Waals surface area contributed by atoms with Crippen molar-refractivity contribution < 1.29 is 23.1 Å². The SMILES string of the molecule is Cc1c(Br)nn2c1N(C(=O)C(F)(F)F)N=C(C(C)(C)C)C2O. The summed E-state index contributed by atoms with van der Waals surface area (Å²) in [4.78, 5) is 11.7. The van der Waals surface area contributed by atoms with E-state index >= 15 is 0 Å². The maximum absolute atomic E-state index is 12.8. The van der Waals surface area contributed by atoms with Gasteiger partial charge in [0, 0.05) is 11.0 Å². The van der Waals surface area contributed by atoms with Crippen LogP contribution in [0.3, 0.4) is 0 Å². The van der Waals surface area contributed by atoms with E-state index in [1.807, 2.05) is 0 Å². The minimum absolute atomic E-state index is 0.00704. The molecule has 1 aliphatic rings. The number of hydrogen-bond acceptors (Lipinski definition) is 4. The van der Waals surface area contributed by atoms with Gasteiger partial charge in [0.25, 0.3) is 0 Å². The van der Waals surface area contributed by atoms with Crippen LogP contribution in [0, 0.1) is 12.3 Å². The standard InChI is InChI=1S/C12H14BrF3N4O2/c1-5-7(13)18-19-8(5)20(10(22)12(14,15)16)17-6(9(19)21)11(2,3)4/h9,21H,1-4H3. The number of amides is 1. The van der Waals surface area contributed by atoms with Gasteiger partial charge in [-0.25, -0.2) is 4.68 Å². The molecule has 0 saturated heterocycles. The number of carbonyl (C=O) groups excluding carboxylic acids is 1. The third kappa shape index (κ3) is 2.65. The summed E-state index contributed by atoms with van der Waals surface area (Å²) < 4.78 is 39.7. The van der Waals surface area contributed by atoms with Gasteiger partial charge in [-0.05, 0) is 22.9 Å². The van der Waals surface area contributed by atoms with Gasteiger partial charge in [-0.3, -0.25) is 4.79 Å². The summed E-state index contributed by atoms with van der Waals surface area (Å²) >= 11 is 3.09. The summed E-state index contributed by atoms with van der Waals surface area (Å²) in [6.07, 6.45) is -6.44. The molecule has 6 nitrogen and oxygen atoms in total. The summed E-state index contributed by atoms with van der Waals surface area (Å²) in [7, 11) is 0. The Kier molecular flexibility index (Phi) is 3.89. The monoisotopic (exact) mass is 382 g/mol. The van der Waals surface area contributed by atoms with Gasteiger partial charge >= 0.3 is 12.1 Å². The first-order valence-corrected chi connectivity index (χ1v) is 7.08. The fraction of sp³-hybridized carbons (Fsp3) is 0.583. The second-order valence-corrected chi connectivity index (χ2v) is 6.66. The van der Waals surface area contributed by atoms with Gasteiger partial charge in [-0.15, -0.1) is 0 Å². The highest BCUT2D eigenvalue weighted by Crippen LogP contribution is 2.38. The number of carbonyl (C=O) groups is 1. The fourth-order valence-electron chi connectivity index (χ4n) is 2.03. The lowest BCUT2D eigenvalue weighted by atomic mass is 9.88. The number of nitrogens with zero attached hydrogens (tertiary/aromatic N) is 4. The van der Waals surface area contributed by atoms with Crippen molar-refractivity contribution in [2.24, 2.45) is 10.5 Å². The van der Waals surface area contributed by atoms with Crippen molar-refractivity contribution in [2.75, 3.05) is 5.01 Å².